The van der Waals surface area contributed by atoms with E-state index < -0.39 is 29.2 Å². The van der Waals surface area contributed by atoms with Gasteiger partial charge >= 0.3 is 12.1 Å². The van der Waals surface area contributed by atoms with Gasteiger partial charge in [0.1, 0.15) is 0 Å². The van der Waals surface area contributed by atoms with Crippen LogP contribution in [0, 0.1) is 0 Å². The van der Waals surface area contributed by atoms with Crippen LogP contribution in [-0.4, -0.2) is 20.9 Å². The van der Waals surface area contributed by atoms with Crippen molar-refractivity contribution in [2.24, 2.45) is 0 Å². The number of nitrogens with zero attached hydrogens (tertiary/aromatic N) is 2. The van der Waals surface area contributed by atoms with E-state index in [1.54, 1.807) is 0 Å². The summed E-state index contributed by atoms with van der Waals surface area (Å²) in [5, 5.41) is 11.8. The summed E-state index contributed by atoms with van der Waals surface area (Å²) in [6.07, 6.45) is -4.74. The van der Waals surface area contributed by atoms with E-state index in [2.05, 4.69) is 5.10 Å². The molecule has 1 rings (SSSR count). The molecule has 0 fully saturated rings. The summed E-state index contributed by atoms with van der Waals surface area (Å²) in [7, 11) is 0. The number of carboxylic acid groups (broad SMARTS) is 1. The molecule has 1 heterocycles. The molecule has 0 aliphatic heterocycles. The molecule has 1 aromatic heterocycles. The van der Waals surface area contributed by atoms with Crippen molar-refractivity contribution < 1.29 is 23.1 Å². The number of aryl methyl sites for hydroxylation is 1. The topological polar surface area (TPSA) is 81.1 Å². The Hall–Kier alpha value is -1.73. The molecule has 1 aromatic rings. The molecule has 15 heavy (non-hydrogen) atoms. The van der Waals surface area contributed by atoms with Gasteiger partial charge in [0.2, 0.25) is 0 Å². The normalized spacial score (nSPS) is 11.7. The van der Waals surface area contributed by atoms with Crippen molar-refractivity contribution in [2.45, 2.75) is 19.6 Å². The number of carboxylic acids is 1. The number of nitrogens with two attached hydrogens (primary N) is 1. The third-order valence-electron chi connectivity index (χ3n) is 1.76. The molecule has 0 radical (unpaired) electrons. The number of anilines is 1. The molecule has 0 amide bonds. The SMILES string of the molecule is CCn1nc(C(F)(F)F)c(N)c1C(=O)O. The second kappa shape index (κ2) is 3.44. The molecule has 3 N–H and O–H groups in total. The van der Waals surface area contributed by atoms with E-state index in [1.165, 1.54) is 6.92 Å². The second-order valence-corrected chi connectivity index (χ2v) is 2.73. The molecule has 84 valence electrons. The summed E-state index contributed by atoms with van der Waals surface area (Å²) in [6, 6.07) is 0. The highest BCUT2D eigenvalue weighted by Gasteiger charge is 2.39. The molecular weight excluding hydrogens is 215 g/mol. The van der Waals surface area contributed by atoms with Gasteiger partial charge in [0.05, 0.1) is 5.69 Å². The summed E-state index contributed by atoms with van der Waals surface area (Å²) in [5.74, 6) is -1.53. The smallest absolute Gasteiger partial charge is 0.437 e. The Kier molecular flexibility index (Phi) is 2.61. The largest absolute Gasteiger partial charge is 0.476 e. The number of nitrogen functional groups attached to an aromatic ring is 1. The maximum absolute atomic E-state index is 12.3. The summed E-state index contributed by atoms with van der Waals surface area (Å²) < 4.78 is 37.6. The van der Waals surface area contributed by atoms with Gasteiger partial charge in [-0.1, -0.05) is 0 Å². The van der Waals surface area contributed by atoms with E-state index in [-0.39, 0.29) is 6.54 Å². The minimum atomic E-state index is -4.74. The molecule has 0 spiro atoms. The number of halogens is 3. The molecule has 0 aliphatic rings. The van der Waals surface area contributed by atoms with E-state index in [4.69, 9.17) is 10.8 Å². The Morgan fingerprint density at radius 1 is 1.60 bits per heavy atom. The van der Waals surface area contributed by atoms with E-state index in [0.29, 0.717) is 4.68 Å². The quantitative estimate of drug-likeness (QED) is 0.789. The fraction of sp³-hybridized carbons (Fsp3) is 0.429. The van der Waals surface area contributed by atoms with Crippen molar-refractivity contribution in [2.75, 3.05) is 5.73 Å². The van der Waals surface area contributed by atoms with Gasteiger partial charge in [0.15, 0.2) is 11.4 Å². The number of aromatic nitrogens is 2. The van der Waals surface area contributed by atoms with Crippen molar-refractivity contribution >= 4 is 11.7 Å². The Morgan fingerprint density at radius 2 is 2.13 bits per heavy atom. The lowest BCUT2D eigenvalue weighted by Crippen LogP contribution is -2.10. The predicted octanol–water partition coefficient (Wildman–Crippen LogP) is 1.20. The standard InChI is InChI=1S/C7H8F3N3O2/c1-2-13-4(6(14)15)3(11)5(12-13)7(8,9)10/h2,11H2,1H3,(H,14,15). The number of rotatable bonds is 2. The maximum Gasteiger partial charge on any atom is 0.437 e. The number of aromatic carboxylic acids is 1. The summed E-state index contributed by atoms with van der Waals surface area (Å²) >= 11 is 0. The molecule has 8 heteroatoms. The minimum absolute atomic E-state index is 0.00190. The molecule has 0 aliphatic carbocycles. The van der Waals surface area contributed by atoms with Crippen LogP contribution in [0.25, 0.3) is 0 Å². The van der Waals surface area contributed by atoms with E-state index >= 15 is 0 Å². The molecular formula is C7H8F3N3O2. The second-order valence-electron chi connectivity index (χ2n) is 2.73. The average Bonchev–Trinajstić information content (AvgIpc) is 2.41. The van der Waals surface area contributed by atoms with Crippen molar-refractivity contribution in [3.05, 3.63) is 11.4 Å². The minimum Gasteiger partial charge on any atom is -0.476 e. The number of hydrogen-bond donors (Lipinski definition) is 2. The van der Waals surface area contributed by atoms with Crippen LogP contribution in [0.5, 0.6) is 0 Å². The fourth-order valence-corrected chi connectivity index (χ4v) is 1.14. The van der Waals surface area contributed by atoms with Crippen LogP contribution >= 0.6 is 0 Å². The van der Waals surface area contributed by atoms with Crippen LogP contribution in [0.3, 0.4) is 0 Å². The first kappa shape index (κ1) is 11.3. The van der Waals surface area contributed by atoms with Gasteiger partial charge in [-0.15, -0.1) is 0 Å². The van der Waals surface area contributed by atoms with Gasteiger partial charge in [-0.05, 0) is 6.92 Å². The lowest BCUT2D eigenvalue weighted by molar-refractivity contribution is -0.140. The van der Waals surface area contributed by atoms with Gasteiger partial charge in [-0.25, -0.2) is 4.79 Å². The van der Waals surface area contributed by atoms with Gasteiger partial charge in [-0.3, -0.25) is 4.68 Å². The number of hydrogen-bond acceptors (Lipinski definition) is 3. The summed E-state index contributed by atoms with van der Waals surface area (Å²) in [5.41, 5.74) is 2.24. The maximum atomic E-state index is 12.3. The Bertz CT molecular complexity index is 397. The molecule has 0 aromatic carbocycles. The molecule has 0 unspecified atom stereocenters. The zero-order valence-electron chi connectivity index (χ0n) is 7.67. The summed E-state index contributed by atoms with van der Waals surface area (Å²) in [6.45, 7) is 1.47. The molecule has 0 bridgehead atoms. The first-order chi connectivity index (χ1) is 6.79. The van der Waals surface area contributed by atoms with Crippen molar-refractivity contribution in [1.82, 2.24) is 9.78 Å². The van der Waals surface area contributed by atoms with Gasteiger partial charge in [0, 0.05) is 6.54 Å². The summed E-state index contributed by atoms with van der Waals surface area (Å²) in [4.78, 5) is 10.6. The molecule has 5 nitrogen and oxygen atoms in total. The fourth-order valence-electron chi connectivity index (χ4n) is 1.14. The van der Waals surface area contributed by atoms with Gasteiger partial charge in [0.25, 0.3) is 0 Å². The van der Waals surface area contributed by atoms with Gasteiger partial charge in [-0.2, -0.15) is 18.3 Å². The first-order valence-corrected chi connectivity index (χ1v) is 3.95. The highest BCUT2D eigenvalue weighted by atomic mass is 19.4. The van der Waals surface area contributed by atoms with Crippen LogP contribution in [0.1, 0.15) is 23.1 Å². The highest BCUT2D eigenvalue weighted by molar-refractivity contribution is 5.92. The molecule has 0 atom stereocenters. The Balaban J connectivity index is 3.41. The zero-order valence-corrected chi connectivity index (χ0v) is 7.67. The Labute approximate surface area is 82.3 Å². The zero-order chi connectivity index (χ0) is 11.8. The lowest BCUT2D eigenvalue weighted by atomic mass is 10.3. The van der Waals surface area contributed by atoms with Crippen molar-refractivity contribution in [3.63, 3.8) is 0 Å². The van der Waals surface area contributed by atoms with E-state index in [1.807, 2.05) is 0 Å². The van der Waals surface area contributed by atoms with E-state index in [0.717, 1.165) is 0 Å². The highest BCUT2D eigenvalue weighted by Crippen LogP contribution is 2.34. The third kappa shape index (κ3) is 1.88. The predicted molar refractivity (Wildman–Crippen MR) is 44.3 cm³/mol. The van der Waals surface area contributed by atoms with E-state index in [9.17, 15) is 18.0 Å². The average molecular weight is 223 g/mol. The molecule has 0 saturated carbocycles. The number of carbonyl (C=O) groups is 1. The lowest BCUT2D eigenvalue weighted by Gasteiger charge is -2.01. The Morgan fingerprint density at radius 3 is 2.40 bits per heavy atom. The van der Waals surface area contributed by atoms with Crippen LogP contribution in [0.15, 0.2) is 0 Å². The molecule has 0 saturated heterocycles. The monoisotopic (exact) mass is 223 g/mol. The van der Waals surface area contributed by atoms with Crippen molar-refractivity contribution in [3.8, 4) is 0 Å². The van der Waals surface area contributed by atoms with Crippen LogP contribution in [-0.2, 0) is 12.7 Å². The van der Waals surface area contributed by atoms with Crippen molar-refractivity contribution in [1.29, 1.82) is 0 Å². The first-order valence-electron chi connectivity index (χ1n) is 3.95. The van der Waals surface area contributed by atoms with Crippen LogP contribution in [0.2, 0.25) is 0 Å². The third-order valence-corrected chi connectivity index (χ3v) is 1.76. The van der Waals surface area contributed by atoms with Crippen LogP contribution < -0.4 is 5.73 Å². The van der Waals surface area contributed by atoms with Crippen LogP contribution in [0.4, 0.5) is 18.9 Å². The number of alkyl halides is 3. The van der Waals surface area contributed by atoms with Gasteiger partial charge < -0.3 is 10.8 Å².